The molecule has 0 bridgehead atoms. The van der Waals surface area contributed by atoms with Crippen LogP contribution in [-0.2, 0) is 0 Å². The topological polar surface area (TPSA) is 9.23 Å². The number of ether oxygens (including phenoxy) is 1. The van der Waals surface area contributed by atoms with E-state index in [-0.39, 0.29) is 8.41 Å². The van der Waals surface area contributed by atoms with E-state index in [2.05, 4.69) is 89.3 Å². The summed E-state index contributed by atoms with van der Waals surface area (Å²) in [5, 5.41) is 3.97. The molecular formula is C19H16BIOP. The molecule has 1 nitrogen and oxygen atoms in total. The quantitative estimate of drug-likeness (QED) is 0.350. The van der Waals surface area contributed by atoms with E-state index in [0.29, 0.717) is 0 Å². The molecule has 0 spiro atoms. The Balaban J connectivity index is 0.00000192. The van der Waals surface area contributed by atoms with Crippen molar-refractivity contribution < 1.29 is 4.74 Å². The SMILES string of the molecule is COc1ccccc1[P@@](c1ccccc1)c1ccccc1I.[B]. The van der Waals surface area contributed by atoms with Gasteiger partial charge in [-0.25, -0.2) is 0 Å². The lowest BCUT2D eigenvalue weighted by molar-refractivity contribution is 0.418. The maximum Gasteiger partial charge on any atom is 0.127 e. The molecule has 0 aliphatic heterocycles. The number of benzene rings is 3. The third-order valence-corrected chi connectivity index (χ3v) is 7.34. The van der Waals surface area contributed by atoms with Crippen LogP contribution in [0.25, 0.3) is 0 Å². The minimum absolute atomic E-state index is 0. The van der Waals surface area contributed by atoms with Crippen LogP contribution in [0.1, 0.15) is 0 Å². The molecule has 3 aromatic carbocycles. The maximum absolute atomic E-state index is 5.62. The van der Waals surface area contributed by atoms with Crippen LogP contribution in [-0.4, -0.2) is 15.5 Å². The van der Waals surface area contributed by atoms with Crippen LogP contribution < -0.4 is 20.7 Å². The first-order valence-electron chi connectivity index (χ1n) is 7.04. The van der Waals surface area contributed by atoms with E-state index in [9.17, 15) is 0 Å². The van der Waals surface area contributed by atoms with Gasteiger partial charge in [-0.3, -0.25) is 0 Å². The van der Waals surface area contributed by atoms with Crippen LogP contribution in [0.15, 0.2) is 78.9 Å². The molecule has 4 heteroatoms. The van der Waals surface area contributed by atoms with Gasteiger partial charge >= 0.3 is 0 Å². The van der Waals surface area contributed by atoms with Crippen LogP contribution >= 0.6 is 30.5 Å². The Morgan fingerprint density at radius 2 is 1.30 bits per heavy atom. The fraction of sp³-hybridized carbons (Fsp3) is 0.0526. The molecule has 0 saturated heterocycles. The van der Waals surface area contributed by atoms with E-state index in [1.165, 1.54) is 19.5 Å². The van der Waals surface area contributed by atoms with E-state index in [1.54, 1.807) is 7.11 Å². The van der Waals surface area contributed by atoms with Gasteiger partial charge in [0.2, 0.25) is 0 Å². The zero-order chi connectivity index (χ0) is 15.4. The highest BCUT2D eigenvalue weighted by Gasteiger charge is 2.21. The molecule has 0 amide bonds. The zero-order valence-corrected chi connectivity index (χ0v) is 15.9. The molecule has 3 radical (unpaired) electrons. The normalized spacial score (nSPS) is 11.4. The highest BCUT2D eigenvalue weighted by Crippen LogP contribution is 2.37. The number of para-hydroxylation sites is 1. The average molecular weight is 429 g/mol. The molecular weight excluding hydrogens is 413 g/mol. The summed E-state index contributed by atoms with van der Waals surface area (Å²) < 4.78 is 6.92. The largest absolute Gasteiger partial charge is 0.496 e. The molecule has 0 saturated carbocycles. The third kappa shape index (κ3) is 3.96. The van der Waals surface area contributed by atoms with E-state index in [0.717, 1.165) is 5.75 Å². The van der Waals surface area contributed by atoms with E-state index >= 15 is 0 Å². The molecule has 0 aromatic heterocycles. The molecule has 3 aromatic rings. The fourth-order valence-corrected chi connectivity index (χ4v) is 5.97. The monoisotopic (exact) mass is 429 g/mol. The van der Waals surface area contributed by atoms with Crippen molar-refractivity contribution in [2.45, 2.75) is 0 Å². The molecule has 23 heavy (non-hydrogen) atoms. The first kappa shape index (κ1) is 18.0. The summed E-state index contributed by atoms with van der Waals surface area (Å²) in [7, 11) is 1.12. The highest BCUT2D eigenvalue weighted by atomic mass is 127. The second-order valence-electron chi connectivity index (χ2n) is 4.79. The average Bonchev–Trinajstić information content (AvgIpc) is 2.58. The third-order valence-electron chi connectivity index (χ3n) is 3.43. The summed E-state index contributed by atoms with van der Waals surface area (Å²) in [6.45, 7) is 0. The fourth-order valence-electron chi connectivity index (χ4n) is 2.43. The molecule has 0 N–H and O–H groups in total. The summed E-state index contributed by atoms with van der Waals surface area (Å²) in [5.74, 6) is 0.956. The van der Waals surface area contributed by atoms with E-state index in [4.69, 9.17) is 4.74 Å². The molecule has 0 heterocycles. The van der Waals surface area contributed by atoms with Crippen molar-refractivity contribution in [3.63, 3.8) is 0 Å². The number of halogens is 1. The van der Waals surface area contributed by atoms with Crippen LogP contribution in [0.2, 0.25) is 0 Å². The number of methoxy groups -OCH3 is 1. The summed E-state index contributed by atoms with van der Waals surface area (Å²) >= 11 is 2.43. The highest BCUT2D eigenvalue weighted by molar-refractivity contribution is 14.1. The molecule has 0 aliphatic carbocycles. The first-order chi connectivity index (χ1) is 10.8. The van der Waals surface area contributed by atoms with Gasteiger partial charge in [0.15, 0.2) is 0 Å². The van der Waals surface area contributed by atoms with Gasteiger partial charge in [-0.2, -0.15) is 0 Å². The van der Waals surface area contributed by atoms with Crippen molar-refractivity contribution in [3.05, 3.63) is 82.4 Å². The standard InChI is InChI=1S/C19H16IOP.B/c1-21-17-12-6-8-14-19(17)22(15-9-3-2-4-10-15)18-13-7-5-11-16(18)20;/h2-14H,1H3;/t22-;/m0./s1. The smallest absolute Gasteiger partial charge is 0.127 e. The summed E-state index contributed by atoms with van der Waals surface area (Å²) in [6, 6.07) is 27.6. The van der Waals surface area contributed by atoms with Crippen LogP contribution in [0.4, 0.5) is 0 Å². The summed E-state index contributed by atoms with van der Waals surface area (Å²) in [4.78, 5) is 0. The Morgan fingerprint density at radius 3 is 1.96 bits per heavy atom. The van der Waals surface area contributed by atoms with Crippen LogP contribution in [0.3, 0.4) is 0 Å². The number of hydrogen-bond acceptors (Lipinski definition) is 1. The Kier molecular flexibility index (Phi) is 6.67. The number of rotatable bonds is 4. The predicted molar refractivity (Wildman–Crippen MR) is 110 cm³/mol. The second-order valence-corrected chi connectivity index (χ2v) is 8.11. The van der Waals surface area contributed by atoms with E-state index in [1.807, 2.05) is 12.1 Å². The van der Waals surface area contributed by atoms with Gasteiger partial charge in [0.25, 0.3) is 0 Å². The van der Waals surface area contributed by atoms with Crippen LogP contribution in [0.5, 0.6) is 5.75 Å². The van der Waals surface area contributed by atoms with Crippen molar-refractivity contribution in [1.82, 2.24) is 0 Å². The predicted octanol–water partition coefficient (Wildman–Crippen LogP) is 3.68. The lowest BCUT2D eigenvalue weighted by Crippen LogP contribution is -2.23. The van der Waals surface area contributed by atoms with Gasteiger partial charge in [0, 0.05) is 17.3 Å². The van der Waals surface area contributed by atoms with Crippen molar-refractivity contribution >= 4 is 54.8 Å². The number of hydrogen-bond donors (Lipinski definition) is 0. The second kappa shape index (κ2) is 8.51. The van der Waals surface area contributed by atoms with Crippen LogP contribution in [0, 0.1) is 3.57 Å². The lowest BCUT2D eigenvalue weighted by Gasteiger charge is -2.22. The maximum atomic E-state index is 5.62. The van der Waals surface area contributed by atoms with E-state index < -0.39 is 7.92 Å². The van der Waals surface area contributed by atoms with Crippen molar-refractivity contribution in [3.8, 4) is 5.75 Å². The van der Waals surface area contributed by atoms with Crippen molar-refractivity contribution in [1.29, 1.82) is 0 Å². The molecule has 0 aliphatic rings. The molecule has 1 atom stereocenters. The minimum atomic E-state index is -0.626. The summed E-state index contributed by atoms with van der Waals surface area (Å²) in [5.41, 5.74) is 0. The minimum Gasteiger partial charge on any atom is -0.496 e. The molecule has 3 rings (SSSR count). The van der Waals surface area contributed by atoms with Crippen molar-refractivity contribution in [2.75, 3.05) is 7.11 Å². The van der Waals surface area contributed by atoms with Gasteiger partial charge in [0.1, 0.15) is 5.75 Å². The Bertz CT molecular complexity index is 764. The van der Waals surface area contributed by atoms with Gasteiger partial charge < -0.3 is 4.74 Å². The first-order valence-corrected chi connectivity index (χ1v) is 9.46. The Hall–Kier alpha value is -1.32. The molecule has 0 unspecified atom stereocenters. The van der Waals surface area contributed by atoms with Gasteiger partial charge in [0.05, 0.1) is 7.11 Å². The molecule has 0 fully saturated rings. The summed E-state index contributed by atoms with van der Waals surface area (Å²) in [6.07, 6.45) is 0. The molecule has 113 valence electrons. The van der Waals surface area contributed by atoms with Gasteiger partial charge in [-0.05, 0) is 53.3 Å². The van der Waals surface area contributed by atoms with Gasteiger partial charge in [-0.1, -0.05) is 66.7 Å². The Morgan fingerprint density at radius 1 is 0.739 bits per heavy atom. The van der Waals surface area contributed by atoms with Gasteiger partial charge in [-0.15, -0.1) is 0 Å². The zero-order valence-electron chi connectivity index (χ0n) is 12.8. The lowest BCUT2D eigenvalue weighted by atomic mass is 10.3. The van der Waals surface area contributed by atoms with Crippen molar-refractivity contribution in [2.24, 2.45) is 0 Å². The Labute approximate surface area is 154 Å².